The molecule has 0 aliphatic carbocycles. The molecular weight excluding hydrogens is 400 g/mol. The normalized spacial score (nSPS) is 19.1. The Morgan fingerprint density at radius 3 is 2.50 bits per heavy atom. The van der Waals surface area contributed by atoms with Crippen LogP contribution in [0.5, 0.6) is 0 Å². The summed E-state index contributed by atoms with van der Waals surface area (Å²) in [6.45, 7) is 6.63. The molecule has 2 aliphatic rings. The predicted molar refractivity (Wildman–Crippen MR) is 119 cm³/mol. The minimum atomic E-state index is -0.258. The zero-order chi connectivity index (χ0) is 20.9. The number of carbonyl (C=O) groups is 1. The van der Waals surface area contributed by atoms with Gasteiger partial charge in [-0.3, -0.25) is 9.69 Å². The molecule has 8 heteroatoms. The molecule has 0 saturated carbocycles. The lowest BCUT2D eigenvalue weighted by atomic mass is 10.1. The number of nitrogens with zero attached hydrogens (tertiary/aromatic N) is 5. The molecule has 2 fully saturated rings. The van der Waals surface area contributed by atoms with Crippen molar-refractivity contribution in [3.63, 3.8) is 0 Å². The summed E-state index contributed by atoms with van der Waals surface area (Å²) in [5.41, 5.74) is 1.32. The first kappa shape index (κ1) is 21.0. The molecule has 2 saturated heterocycles. The summed E-state index contributed by atoms with van der Waals surface area (Å²) in [6.07, 6.45) is 3.78. The molecule has 1 aromatic heterocycles. The molecule has 0 radical (unpaired) electrons. The summed E-state index contributed by atoms with van der Waals surface area (Å²) in [6, 6.07) is 9.96. The van der Waals surface area contributed by atoms with Crippen LogP contribution in [0.2, 0.25) is 5.02 Å². The second-order valence-corrected chi connectivity index (χ2v) is 8.51. The minimum absolute atomic E-state index is 0.136. The van der Waals surface area contributed by atoms with E-state index in [4.69, 9.17) is 11.6 Å². The lowest BCUT2D eigenvalue weighted by molar-refractivity contribution is 0.0902. The standard InChI is InChI=1S/C22H29ClN6O/c1-27-11-13-28(14-12-27)16-19(17-7-3-2-4-8-17)25-21(30)20-18(23)15-24-22(26-20)29-9-5-6-10-29/h2-4,7-8,15,19H,5-6,9-14,16H2,1H3,(H,25,30). The molecule has 160 valence electrons. The van der Waals surface area contributed by atoms with Gasteiger partial charge < -0.3 is 15.1 Å². The third-order valence-corrected chi connectivity index (χ3v) is 6.16. The third-order valence-electron chi connectivity index (χ3n) is 5.88. The Kier molecular flexibility index (Phi) is 6.82. The maximum Gasteiger partial charge on any atom is 0.272 e. The Labute approximate surface area is 183 Å². The van der Waals surface area contributed by atoms with Crippen LogP contribution in [0, 0.1) is 0 Å². The van der Waals surface area contributed by atoms with Gasteiger partial charge in [-0.2, -0.15) is 0 Å². The largest absolute Gasteiger partial charge is 0.343 e. The van der Waals surface area contributed by atoms with E-state index in [1.54, 1.807) is 0 Å². The lowest BCUT2D eigenvalue weighted by Gasteiger charge is -2.35. The maximum absolute atomic E-state index is 13.2. The van der Waals surface area contributed by atoms with Gasteiger partial charge in [0, 0.05) is 45.8 Å². The number of halogens is 1. The van der Waals surface area contributed by atoms with Crippen LogP contribution in [-0.2, 0) is 0 Å². The monoisotopic (exact) mass is 428 g/mol. The second-order valence-electron chi connectivity index (χ2n) is 8.10. The predicted octanol–water partition coefficient (Wildman–Crippen LogP) is 2.45. The average molecular weight is 429 g/mol. The highest BCUT2D eigenvalue weighted by atomic mass is 35.5. The SMILES string of the molecule is CN1CCN(CC(NC(=O)c2nc(N3CCCC3)ncc2Cl)c2ccccc2)CC1. The first-order valence-corrected chi connectivity index (χ1v) is 11.0. The van der Waals surface area contributed by atoms with Gasteiger partial charge in [-0.05, 0) is 25.5 Å². The summed E-state index contributed by atoms with van der Waals surface area (Å²) >= 11 is 6.31. The smallest absolute Gasteiger partial charge is 0.272 e. The molecule has 1 atom stereocenters. The number of rotatable bonds is 6. The molecule has 1 aromatic carbocycles. The summed E-state index contributed by atoms with van der Waals surface area (Å²) in [5, 5.41) is 3.46. The van der Waals surface area contributed by atoms with Crippen molar-refractivity contribution in [2.24, 2.45) is 0 Å². The van der Waals surface area contributed by atoms with Crippen molar-refractivity contribution in [3.05, 3.63) is 52.8 Å². The van der Waals surface area contributed by atoms with Crippen LogP contribution < -0.4 is 10.2 Å². The Hall–Kier alpha value is -2.22. The molecule has 4 rings (SSSR count). The van der Waals surface area contributed by atoms with Crippen LogP contribution >= 0.6 is 11.6 Å². The molecule has 2 aliphatic heterocycles. The van der Waals surface area contributed by atoms with Gasteiger partial charge in [-0.1, -0.05) is 41.9 Å². The topological polar surface area (TPSA) is 64.6 Å². The Bertz CT molecular complexity index is 850. The molecular formula is C22H29ClN6O. The van der Waals surface area contributed by atoms with E-state index in [0.29, 0.717) is 5.95 Å². The second kappa shape index (κ2) is 9.73. The number of amides is 1. The zero-order valence-corrected chi connectivity index (χ0v) is 18.2. The fraction of sp³-hybridized carbons (Fsp3) is 0.500. The highest BCUT2D eigenvalue weighted by molar-refractivity contribution is 6.33. The van der Waals surface area contributed by atoms with Crippen LogP contribution in [-0.4, -0.2) is 78.5 Å². The van der Waals surface area contributed by atoms with Crippen molar-refractivity contribution < 1.29 is 4.79 Å². The van der Waals surface area contributed by atoms with Gasteiger partial charge in [0.15, 0.2) is 5.69 Å². The summed E-state index contributed by atoms with van der Waals surface area (Å²) in [5.74, 6) is 0.322. The van der Waals surface area contributed by atoms with Gasteiger partial charge >= 0.3 is 0 Å². The maximum atomic E-state index is 13.2. The fourth-order valence-corrected chi connectivity index (χ4v) is 4.20. The highest BCUT2D eigenvalue weighted by Crippen LogP contribution is 2.22. The van der Waals surface area contributed by atoms with Gasteiger partial charge in [-0.25, -0.2) is 9.97 Å². The first-order chi connectivity index (χ1) is 14.6. The van der Waals surface area contributed by atoms with Crippen molar-refractivity contribution in [2.75, 3.05) is 57.8 Å². The summed E-state index contributed by atoms with van der Waals surface area (Å²) in [7, 11) is 2.14. The third kappa shape index (κ3) is 5.09. The van der Waals surface area contributed by atoms with Gasteiger partial charge in [0.05, 0.1) is 17.3 Å². The molecule has 2 aromatic rings. The zero-order valence-electron chi connectivity index (χ0n) is 17.4. The quantitative estimate of drug-likeness (QED) is 0.762. The Morgan fingerprint density at radius 2 is 1.80 bits per heavy atom. The van der Waals surface area contributed by atoms with E-state index in [-0.39, 0.29) is 22.7 Å². The minimum Gasteiger partial charge on any atom is -0.343 e. The van der Waals surface area contributed by atoms with Crippen molar-refractivity contribution in [3.8, 4) is 0 Å². The molecule has 3 heterocycles. The lowest BCUT2D eigenvalue weighted by Crippen LogP contribution is -2.48. The molecule has 1 unspecified atom stereocenters. The summed E-state index contributed by atoms with van der Waals surface area (Å²) < 4.78 is 0. The number of benzene rings is 1. The van der Waals surface area contributed by atoms with E-state index in [9.17, 15) is 4.79 Å². The van der Waals surface area contributed by atoms with E-state index in [1.807, 2.05) is 18.2 Å². The number of carbonyl (C=O) groups excluding carboxylic acids is 1. The van der Waals surface area contributed by atoms with E-state index in [1.165, 1.54) is 6.20 Å². The van der Waals surface area contributed by atoms with Crippen molar-refractivity contribution in [2.45, 2.75) is 18.9 Å². The van der Waals surface area contributed by atoms with Gasteiger partial charge in [0.25, 0.3) is 5.91 Å². The van der Waals surface area contributed by atoms with Crippen molar-refractivity contribution in [1.82, 2.24) is 25.1 Å². The van der Waals surface area contributed by atoms with Crippen LogP contribution in [0.1, 0.15) is 34.9 Å². The Morgan fingerprint density at radius 1 is 1.10 bits per heavy atom. The summed E-state index contributed by atoms with van der Waals surface area (Å²) in [4.78, 5) is 28.8. The van der Waals surface area contributed by atoms with E-state index in [0.717, 1.165) is 64.2 Å². The van der Waals surface area contributed by atoms with E-state index < -0.39 is 0 Å². The molecule has 1 N–H and O–H groups in total. The number of hydrogen-bond donors (Lipinski definition) is 1. The molecule has 1 amide bonds. The number of aromatic nitrogens is 2. The van der Waals surface area contributed by atoms with Crippen LogP contribution in [0.15, 0.2) is 36.5 Å². The Balaban J connectivity index is 1.52. The van der Waals surface area contributed by atoms with Gasteiger partial charge in [-0.15, -0.1) is 0 Å². The van der Waals surface area contributed by atoms with Crippen molar-refractivity contribution in [1.29, 1.82) is 0 Å². The number of piperazine rings is 1. The van der Waals surface area contributed by atoms with Crippen molar-refractivity contribution >= 4 is 23.5 Å². The average Bonchev–Trinajstić information content (AvgIpc) is 3.30. The van der Waals surface area contributed by atoms with Gasteiger partial charge in [0.1, 0.15) is 0 Å². The van der Waals surface area contributed by atoms with E-state index >= 15 is 0 Å². The van der Waals surface area contributed by atoms with Crippen LogP contribution in [0.3, 0.4) is 0 Å². The highest BCUT2D eigenvalue weighted by Gasteiger charge is 2.24. The fourth-order valence-electron chi connectivity index (χ4n) is 4.02. The number of anilines is 1. The molecule has 0 spiro atoms. The molecule has 0 bridgehead atoms. The van der Waals surface area contributed by atoms with E-state index in [2.05, 4.69) is 49.2 Å². The number of nitrogens with one attached hydrogen (secondary N) is 1. The van der Waals surface area contributed by atoms with Crippen LogP contribution in [0.4, 0.5) is 5.95 Å². The molecule has 30 heavy (non-hydrogen) atoms. The van der Waals surface area contributed by atoms with Gasteiger partial charge in [0.2, 0.25) is 5.95 Å². The number of hydrogen-bond acceptors (Lipinski definition) is 6. The van der Waals surface area contributed by atoms with Crippen LogP contribution in [0.25, 0.3) is 0 Å². The number of likely N-dealkylation sites (N-methyl/N-ethyl adjacent to an activating group) is 1. The molecule has 7 nitrogen and oxygen atoms in total. The first-order valence-electron chi connectivity index (χ1n) is 10.6.